The normalized spacial score (nSPS) is 11.8. The summed E-state index contributed by atoms with van der Waals surface area (Å²) in [6.07, 6.45) is 0. The Bertz CT molecular complexity index is 324. The first kappa shape index (κ1) is 14.1. The minimum atomic E-state index is -1.31. The van der Waals surface area contributed by atoms with Crippen molar-refractivity contribution >= 4 is 0 Å². The predicted octanol–water partition coefficient (Wildman–Crippen LogP) is 3.05. The lowest BCUT2D eigenvalue weighted by Crippen LogP contribution is -2.36. The van der Waals surface area contributed by atoms with Crippen molar-refractivity contribution in [1.82, 2.24) is 0 Å². The minimum absolute atomic E-state index is 0.342. The molecule has 0 bridgehead atoms. The van der Waals surface area contributed by atoms with Crippen molar-refractivity contribution in [3.8, 4) is 0 Å². The highest BCUT2D eigenvalue weighted by molar-refractivity contribution is 5.19. The average molecular weight is 242 g/mol. The third-order valence-electron chi connectivity index (χ3n) is 2.18. The van der Waals surface area contributed by atoms with Crippen LogP contribution in [0.4, 0.5) is 4.39 Å². The van der Waals surface area contributed by atoms with Crippen LogP contribution in [0.2, 0.25) is 0 Å². The zero-order valence-electron chi connectivity index (χ0n) is 10.5. The SMILES string of the molecule is CCOC(OCC)(OCC)c1cccc(F)c1. The van der Waals surface area contributed by atoms with Gasteiger partial charge in [0, 0.05) is 25.4 Å². The monoisotopic (exact) mass is 242 g/mol. The van der Waals surface area contributed by atoms with E-state index in [2.05, 4.69) is 0 Å². The Hall–Kier alpha value is -0.970. The minimum Gasteiger partial charge on any atom is -0.324 e. The fourth-order valence-corrected chi connectivity index (χ4v) is 1.62. The molecular weight excluding hydrogens is 223 g/mol. The number of halogens is 1. The summed E-state index contributed by atoms with van der Waals surface area (Å²) in [5.41, 5.74) is 0.531. The molecule has 17 heavy (non-hydrogen) atoms. The molecule has 0 atom stereocenters. The van der Waals surface area contributed by atoms with E-state index in [-0.39, 0.29) is 5.82 Å². The van der Waals surface area contributed by atoms with E-state index in [0.717, 1.165) is 0 Å². The van der Waals surface area contributed by atoms with Gasteiger partial charge in [0.2, 0.25) is 0 Å². The van der Waals surface area contributed by atoms with Crippen LogP contribution < -0.4 is 0 Å². The summed E-state index contributed by atoms with van der Waals surface area (Å²) in [5.74, 6) is -1.65. The molecular formula is C13H19FO3. The summed E-state index contributed by atoms with van der Waals surface area (Å²) in [6.45, 7) is 6.76. The Morgan fingerprint density at radius 1 is 1.00 bits per heavy atom. The maximum atomic E-state index is 13.3. The summed E-state index contributed by atoms with van der Waals surface area (Å²) in [6, 6.07) is 6.07. The van der Waals surface area contributed by atoms with Crippen molar-refractivity contribution < 1.29 is 18.6 Å². The first-order valence-electron chi connectivity index (χ1n) is 5.86. The van der Waals surface area contributed by atoms with E-state index >= 15 is 0 Å². The molecule has 0 saturated carbocycles. The molecule has 0 spiro atoms. The van der Waals surface area contributed by atoms with Gasteiger partial charge >= 0.3 is 5.97 Å². The van der Waals surface area contributed by atoms with E-state index in [4.69, 9.17) is 14.2 Å². The maximum absolute atomic E-state index is 13.3. The van der Waals surface area contributed by atoms with Crippen molar-refractivity contribution in [3.05, 3.63) is 35.6 Å². The fraction of sp³-hybridized carbons (Fsp3) is 0.538. The van der Waals surface area contributed by atoms with Crippen molar-refractivity contribution in [1.29, 1.82) is 0 Å². The second kappa shape index (κ2) is 6.69. The molecule has 0 aliphatic heterocycles. The zero-order chi connectivity index (χ0) is 12.7. The molecule has 1 rings (SSSR count). The molecule has 0 heterocycles. The lowest BCUT2D eigenvalue weighted by atomic mass is 10.2. The summed E-state index contributed by atoms with van der Waals surface area (Å²) in [7, 11) is 0. The molecule has 0 N–H and O–H groups in total. The molecule has 3 nitrogen and oxygen atoms in total. The van der Waals surface area contributed by atoms with E-state index in [1.54, 1.807) is 12.1 Å². The molecule has 96 valence electrons. The molecule has 0 amide bonds. The van der Waals surface area contributed by atoms with Gasteiger partial charge in [-0.2, -0.15) is 0 Å². The quantitative estimate of drug-likeness (QED) is 0.688. The molecule has 0 fully saturated rings. The largest absolute Gasteiger partial charge is 0.324 e. The van der Waals surface area contributed by atoms with Gasteiger partial charge in [-0.15, -0.1) is 0 Å². The van der Waals surface area contributed by atoms with Crippen molar-refractivity contribution in [3.63, 3.8) is 0 Å². The first-order valence-corrected chi connectivity index (χ1v) is 5.86. The van der Waals surface area contributed by atoms with E-state index in [1.807, 2.05) is 20.8 Å². The van der Waals surface area contributed by atoms with Crippen molar-refractivity contribution in [2.24, 2.45) is 0 Å². The van der Waals surface area contributed by atoms with Gasteiger partial charge in [0.15, 0.2) is 0 Å². The highest BCUT2D eigenvalue weighted by Gasteiger charge is 2.35. The van der Waals surface area contributed by atoms with Gasteiger partial charge in [-0.3, -0.25) is 0 Å². The molecule has 0 aliphatic carbocycles. The van der Waals surface area contributed by atoms with Crippen LogP contribution in [0.15, 0.2) is 24.3 Å². The van der Waals surface area contributed by atoms with E-state index in [0.29, 0.717) is 25.4 Å². The Labute approximate surface area is 101 Å². The van der Waals surface area contributed by atoms with E-state index < -0.39 is 5.97 Å². The van der Waals surface area contributed by atoms with Gasteiger partial charge in [0.25, 0.3) is 0 Å². The van der Waals surface area contributed by atoms with Gasteiger partial charge in [-0.25, -0.2) is 4.39 Å². The fourth-order valence-electron chi connectivity index (χ4n) is 1.62. The van der Waals surface area contributed by atoms with E-state index in [9.17, 15) is 4.39 Å². The molecule has 0 aliphatic rings. The lowest BCUT2D eigenvalue weighted by molar-refractivity contribution is -0.389. The molecule has 0 aromatic heterocycles. The molecule has 0 saturated heterocycles. The molecule has 4 heteroatoms. The average Bonchev–Trinajstić information content (AvgIpc) is 2.30. The Morgan fingerprint density at radius 2 is 1.53 bits per heavy atom. The molecule has 0 radical (unpaired) electrons. The number of hydrogen-bond donors (Lipinski definition) is 0. The lowest BCUT2D eigenvalue weighted by Gasteiger charge is -2.32. The highest BCUT2D eigenvalue weighted by Crippen LogP contribution is 2.29. The predicted molar refractivity (Wildman–Crippen MR) is 63.0 cm³/mol. The molecule has 1 aromatic rings. The number of benzene rings is 1. The van der Waals surface area contributed by atoms with Gasteiger partial charge in [-0.05, 0) is 32.9 Å². The zero-order valence-corrected chi connectivity index (χ0v) is 10.5. The first-order chi connectivity index (χ1) is 8.18. The van der Waals surface area contributed by atoms with Crippen LogP contribution in [-0.2, 0) is 20.2 Å². The van der Waals surface area contributed by atoms with Crippen LogP contribution in [-0.4, -0.2) is 19.8 Å². The van der Waals surface area contributed by atoms with Crippen LogP contribution in [0, 0.1) is 5.82 Å². The van der Waals surface area contributed by atoms with Gasteiger partial charge in [-0.1, -0.05) is 12.1 Å². The summed E-state index contributed by atoms with van der Waals surface area (Å²) in [5, 5.41) is 0. The van der Waals surface area contributed by atoms with Gasteiger partial charge < -0.3 is 14.2 Å². The Morgan fingerprint density at radius 3 is 1.94 bits per heavy atom. The standard InChI is InChI=1S/C13H19FO3/c1-4-15-13(16-5-2,17-6-3)11-8-7-9-12(14)10-11/h7-10H,4-6H2,1-3H3. The highest BCUT2D eigenvalue weighted by atomic mass is 19.1. The molecule has 1 aromatic carbocycles. The third kappa shape index (κ3) is 3.49. The number of ether oxygens (including phenoxy) is 3. The van der Waals surface area contributed by atoms with Crippen LogP contribution in [0.25, 0.3) is 0 Å². The van der Waals surface area contributed by atoms with Crippen molar-refractivity contribution in [2.45, 2.75) is 26.7 Å². The third-order valence-corrected chi connectivity index (χ3v) is 2.18. The topological polar surface area (TPSA) is 27.7 Å². The second-order valence-corrected chi connectivity index (χ2v) is 3.37. The summed E-state index contributed by atoms with van der Waals surface area (Å²) >= 11 is 0. The van der Waals surface area contributed by atoms with Gasteiger partial charge in [0.05, 0.1) is 0 Å². The Balaban J connectivity index is 3.09. The van der Waals surface area contributed by atoms with Crippen LogP contribution >= 0.6 is 0 Å². The Kier molecular flexibility index (Phi) is 5.55. The maximum Gasteiger partial charge on any atom is 0.312 e. The summed E-state index contributed by atoms with van der Waals surface area (Å²) in [4.78, 5) is 0. The number of hydrogen-bond acceptors (Lipinski definition) is 3. The van der Waals surface area contributed by atoms with Crippen LogP contribution in [0.1, 0.15) is 26.3 Å². The van der Waals surface area contributed by atoms with Crippen LogP contribution in [0.5, 0.6) is 0 Å². The smallest absolute Gasteiger partial charge is 0.312 e. The van der Waals surface area contributed by atoms with Crippen molar-refractivity contribution in [2.75, 3.05) is 19.8 Å². The molecule has 0 unspecified atom stereocenters. The number of rotatable bonds is 7. The van der Waals surface area contributed by atoms with E-state index in [1.165, 1.54) is 12.1 Å². The van der Waals surface area contributed by atoms with Crippen LogP contribution in [0.3, 0.4) is 0 Å². The summed E-state index contributed by atoms with van der Waals surface area (Å²) < 4.78 is 29.9. The van der Waals surface area contributed by atoms with Gasteiger partial charge in [0.1, 0.15) is 5.82 Å². The second-order valence-electron chi connectivity index (χ2n) is 3.37.